The first-order valence-electron chi connectivity index (χ1n) is 13.0. The molecule has 2 aromatic rings. The van der Waals surface area contributed by atoms with Crippen LogP contribution in [0.25, 0.3) is 0 Å². The van der Waals surface area contributed by atoms with Gasteiger partial charge < -0.3 is 9.64 Å². The first-order valence-corrected chi connectivity index (χ1v) is 13.8. The highest BCUT2D eigenvalue weighted by molar-refractivity contribution is 6.42. The summed E-state index contributed by atoms with van der Waals surface area (Å²) in [6, 6.07) is 11.0. The van der Waals surface area contributed by atoms with Gasteiger partial charge >= 0.3 is 6.18 Å². The van der Waals surface area contributed by atoms with E-state index in [1.54, 1.807) is 6.07 Å². The lowest BCUT2D eigenvalue weighted by Gasteiger charge is -2.38. The van der Waals surface area contributed by atoms with E-state index in [0.29, 0.717) is 55.8 Å². The number of carbonyl (C=O) groups excluding carboxylic acids is 1. The highest BCUT2D eigenvalue weighted by atomic mass is 35.5. The maximum absolute atomic E-state index is 13.0. The smallest absolute Gasteiger partial charge is 0.359 e. The second-order valence-corrected chi connectivity index (χ2v) is 11.0. The van der Waals surface area contributed by atoms with Crippen LogP contribution in [0, 0.1) is 0 Å². The van der Waals surface area contributed by atoms with E-state index in [0.717, 1.165) is 36.1 Å². The summed E-state index contributed by atoms with van der Waals surface area (Å²) in [6.45, 7) is 5.55. The molecular formula is C28H34Cl2F3N3O2. The second-order valence-electron chi connectivity index (χ2n) is 10.2. The van der Waals surface area contributed by atoms with Crippen LogP contribution in [0.1, 0.15) is 48.8 Å². The minimum absolute atomic E-state index is 0.0457. The Hall–Kier alpha value is -1.84. The Morgan fingerprint density at radius 3 is 2.47 bits per heavy atom. The number of halogens is 5. The molecule has 4 rings (SSSR count). The van der Waals surface area contributed by atoms with Crippen molar-refractivity contribution in [3.8, 4) is 0 Å². The Balaban J connectivity index is 1.52. The zero-order chi connectivity index (χ0) is 27.4. The highest BCUT2D eigenvalue weighted by Crippen LogP contribution is 2.36. The minimum atomic E-state index is -4.36. The maximum Gasteiger partial charge on any atom is 0.416 e. The van der Waals surface area contributed by atoms with Gasteiger partial charge in [-0.25, -0.2) is 0 Å². The summed E-state index contributed by atoms with van der Waals surface area (Å²) in [5.74, 6) is 0.232. The van der Waals surface area contributed by atoms with Gasteiger partial charge in [0.1, 0.15) is 6.23 Å². The van der Waals surface area contributed by atoms with Gasteiger partial charge in [0.15, 0.2) is 0 Å². The molecule has 0 bridgehead atoms. The van der Waals surface area contributed by atoms with Crippen LogP contribution in [-0.4, -0.2) is 72.7 Å². The summed E-state index contributed by atoms with van der Waals surface area (Å²) >= 11 is 12.5. The van der Waals surface area contributed by atoms with Gasteiger partial charge in [-0.3, -0.25) is 14.6 Å². The molecule has 2 aromatic carbocycles. The molecule has 2 heterocycles. The molecule has 10 heteroatoms. The molecule has 0 radical (unpaired) electrons. The van der Waals surface area contributed by atoms with Crippen molar-refractivity contribution in [3.05, 3.63) is 69.2 Å². The fourth-order valence-electron chi connectivity index (χ4n) is 5.34. The third kappa shape index (κ3) is 7.02. The van der Waals surface area contributed by atoms with E-state index in [1.165, 1.54) is 12.1 Å². The molecule has 3 atom stereocenters. The van der Waals surface area contributed by atoms with E-state index >= 15 is 0 Å². The summed E-state index contributed by atoms with van der Waals surface area (Å²) in [5, 5.41) is 0.963. The number of benzene rings is 2. The van der Waals surface area contributed by atoms with Crippen molar-refractivity contribution in [1.29, 1.82) is 0 Å². The molecular weight excluding hydrogens is 538 g/mol. The number of morpholine rings is 1. The summed E-state index contributed by atoms with van der Waals surface area (Å²) in [6.07, 6.45) is -2.18. The molecule has 2 aliphatic rings. The molecule has 0 saturated carbocycles. The van der Waals surface area contributed by atoms with Crippen LogP contribution < -0.4 is 0 Å². The van der Waals surface area contributed by atoms with Crippen LogP contribution in [0.4, 0.5) is 13.2 Å². The van der Waals surface area contributed by atoms with Crippen molar-refractivity contribution in [3.63, 3.8) is 0 Å². The Bertz CT molecular complexity index is 1100. The number of likely N-dealkylation sites (N-methyl/N-ethyl adjacent to an activating group) is 1. The van der Waals surface area contributed by atoms with Gasteiger partial charge in [0.25, 0.3) is 0 Å². The fourth-order valence-corrected chi connectivity index (χ4v) is 5.64. The SMILES string of the molecule is CCCCC(=O)N1CCOC(N2CC(c3ccc(Cl)c(Cl)c3)C(N(C)Cc3ccc(C(F)(F)F)cc3)C2)C1. The van der Waals surface area contributed by atoms with Gasteiger partial charge in [0.2, 0.25) is 5.91 Å². The molecule has 0 spiro atoms. The maximum atomic E-state index is 13.0. The lowest BCUT2D eigenvalue weighted by molar-refractivity contribution is -0.148. The summed E-state index contributed by atoms with van der Waals surface area (Å²) in [7, 11) is 1.98. The highest BCUT2D eigenvalue weighted by Gasteiger charge is 2.41. The summed E-state index contributed by atoms with van der Waals surface area (Å²) in [5.41, 5.74) is 1.18. The van der Waals surface area contributed by atoms with Gasteiger partial charge in [-0.05, 0) is 48.9 Å². The van der Waals surface area contributed by atoms with Crippen LogP contribution in [-0.2, 0) is 22.3 Å². The van der Waals surface area contributed by atoms with E-state index in [-0.39, 0.29) is 24.1 Å². The van der Waals surface area contributed by atoms with Gasteiger partial charge in [-0.2, -0.15) is 13.2 Å². The number of hydrogen-bond acceptors (Lipinski definition) is 4. The van der Waals surface area contributed by atoms with Gasteiger partial charge in [0, 0.05) is 44.6 Å². The van der Waals surface area contributed by atoms with Gasteiger partial charge in [-0.15, -0.1) is 0 Å². The zero-order valence-corrected chi connectivity index (χ0v) is 23.2. The van der Waals surface area contributed by atoms with E-state index in [4.69, 9.17) is 27.9 Å². The zero-order valence-electron chi connectivity index (χ0n) is 21.7. The van der Waals surface area contributed by atoms with Crippen molar-refractivity contribution in [2.24, 2.45) is 0 Å². The molecule has 0 aromatic heterocycles. The number of likely N-dealkylation sites (tertiary alicyclic amines) is 1. The normalized spacial score (nSPS) is 22.8. The monoisotopic (exact) mass is 571 g/mol. The van der Waals surface area contributed by atoms with Crippen molar-refractivity contribution in [2.75, 3.05) is 39.8 Å². The molecule has 0 N–H and O–H groups in total. The van der Waals surface area contributed by atoms with E-state index < -0.39 is 11.7 Å². The number of nitrogens with zero attached hydrogens (tertiary/aromatic N) is 3. The number of carbonyl (C=O) groups is 1. The Labute approximate surface area is 232 Å². The number of alkyl halides is 3. The molecule has 1 amide bonds. The third-order valence-electron chi connectivity index (χ3n) is 7.52. The Morgan fingerprint density at radius 2 is 1.82 bits per heavy atom. The Morgan fingerprint density at radius 1 is 1.08 bits per heavy atom. The van der Waals surface area contributed by atoms with Crippen LogP contribution >= 0.6 is 23.2 Å². The number of ether oxygens (including phenoxy) is 1. The van der Waals surface area contributed by atoms with E-state index in [1.807, 2.05) is 24.1 Å². The standard InChI is InChI=1S/C28H34Cl2F3N3O2/c1-3-4-5-26(37)35-12-13-38-27(18-35)36-16-22(20-8-11-23(29)24(30)14-20)25(17-36)34(2)15-19-6-9-21(10-7-19)28(31,32)33/h6-11,14,22,25,27H,3-5,12-13,15-18H2,1-2H3. The predicted octanol–water partition coefficient (Wildman–Crippen LogP) is 6.29. The number of hydrogen-bond donors (Lipinski definition) is 0. The predicted molar refractivity (Wildman–Crippen MR) is 143 cm³/mol. The molecule has 0 aliphatic carbocycles. The fraction of sp³-hybridized carbons (Fsp3) is 0.536. The van der Waals surface area contributed by atoms with Crippen molar-refractivity contribution >= 4 is 29.1 Å². The van der Waals surface area contributed by atoms with Gasteiger partial charge in [0.05, 0.1) is 28.8 Å². The topological polar surface area (TPSA) is 36.0 Å². The minimum Gasteiger partial charge on any atom is -0.359 e. The summed E-state index contributed by atoms with van der Waals surface area (Å²) < 4.78 is 45.2. The van der Waals surface area contributed by atoms with Crippen LogP contribution in [0.15, 0.2) is 42.5 Å². The third-order valence-corrected chi connectivity index (χ3v) is 8.26. The number of rotatable bonds is 8. The van der Waals surface area contributed by atoms with Crippen molar-refractivity contribution < 1.29 is 22.7 Å². The molecule has 2 fully saturated rings. The quantitative estimate of drug-likeness (QED) is 0.373. The first-order chi connectivity index (χ1) is 18.1. The van der Waals surface area contributed by atoms with Crippen LogP contribution in [0.5, 0.6) is 0 Å². The Kier molecular flexibility index (Phi) is 9.63. The first kappa shape index (κ1) is 29.2. The second kappa shape index (κ2) is 12.6. The number of amides is 1. The largest absolute Gasteiger partial charge is 0.416 e. The number of unbranched alkanes of at least 4 members (excludes halogenated alkanes) is 1. The van der Waals surface area contributed by atoms with Crippen molar-refractivity contribution in [1.82, 2.24) is 14.7 Å². The lowest BCUT2D eigenvalue weighted by Crippen LogP contribution is -2.52. The average Bonchev–Trinajstić information content (AvgIpc) is 3.34. The molecule has 2 aliphatic heterocycles. The average molecular weight is 572 g/mol. The van der Waals surface area contributed by atoms with Gasteiger partial charge in [-0.1, -0.05) is 54.7 Å². The molecule has 5 nitrogen and oxygen atoms in total. The molecule has 208 valence electrons. The van der Waals surface area contributed by atoms with E-state index in [2.05, 4.69) is 16.7 Å². The summed E-state index contributed by atoms with van der Waals surface area (Å²) in [4.78, 5) is 19.0. The molecule has 2 saturated heterocycles. The van der Waals surface area contributed by atoms with Crippen LogP contribution in [0.3, 0.4) is 0 Å². The van der Waals surface area contributed by atoms with E-state index in [9.17, 15) is 18.0 Å². The van der Waals surface area contributed by atoms with Crippen molar-refractivity contribution in [2.45, 2.75) is 57.1 Å². The van der Waals surface area contributed by atoms with Crippen LogP contribution in [0.2, 0.25) is 10.0 Å². The molecule has 3 unspecified atom stereocenters. The lowest BCUT2D eigenvalue weighted by atomic mass is 9.93. The molecule has 38 heavy (non-hydrogen) atoms.